The first kappa shape index (κ1) is 24.8. The highest BCUT2D eigenvalue weighted by Crippen LogP contribution is 2.60. The Morgan fingerprint density at radius 1 is 1.10 bits per heavy atom. The smallest absolute Gasteiger partial charge is 0.0809 e. The lowest BCUT2D eigenvalue weighted by Gasteiger charge is -2.45. The van der Waals surface area contributed by atoms with Crippen LogP contribution < -0.4 is 0 Å². The number of rotatable bonds is 5. The summed E-state index contributed by atoms with van der Waals surface area (Å²) in [4.78, 5) is 0. The Morgan fingerprint density at radius 3 is 2.35 bits per heavy atom. The molecule has 3 saturated carbocycles. The number of hydrogen-bond donors (Lipinski definition) is 2. The summed E-state index contributed by atoms with van der Waals surface area (Å²) in [7, 11) is 0. The van der Waals surface area contributed by atoms with Crippen molar-refractivity contribution >= 4 is 0 Å². The van der Waals surface area contributed by atoms with E-state index in [0.717, 1.165) is 23.3 Å². The maximum absolute atomic E-state index is 10.2. The average Bonchev–Trinajstić information content (AvgIpc) is 3.04. The summed E-state index contributed by atoms with van der Waals surface area (Å²) in [6.45, 7) is 18.5. The van der Waals surface area contributed by atoms with E-state index < -0.39 is 12.2 Å². The Labute approximate surface area is 191 Å². The van der Waals surface area contributed by atoms with Crippen molar-refractivity contribution in [3.63, 3.8) is 0 Å². The van der Waals surface area contributed by atoms with Gasteiger partial charge in [-0.15, -0.1) is 0 Å². The molecule has 0 bridgehead atoms. The molecular weight excluding hydrogens is 380 g/mol. The molecule has 0 radical (unpaired) electrons. The molecule has 0 heterocycles. The summed E-state index contributed by atoms with van der Waals surface area (Å²) in [5, 5.41) is 20.3. The molecule has 3 fully saturated rings. The number of aliphatic hydroxyl groups excluding tert-OH is 2. The van der Waals surface area contributed by atoms with Gasteiger partial charge in [0.25, 0.3) is 0 Å². The van der Waals surface area contributed by atoms with Crippen LogP contribution in [0.25, 0.3) is 0 Å². The first-order chi connectivity index (χ1) is 14.4. The van der Waals surface area contributed by atoms with Crippen LogP contribution in [0.4, 0.5) is 0 Å². The van der Waals surface area contributed by atoms with Crippen LogP contribution in [-0.4, -0.2) is 22.4 Å². The van der Waals surface area contributed by atoms with Crippen LogP contribution in [0.2, 0.25) is 0 Å². The van der Waals surface area contributed by atoms with E-state index >= 15 is 0 Å². The second kappa shape index (κ2) is 9.56. The van der Waals surface area contributed by atoms with Crippen molar-refractivity contribution in [2.24, 2.45) is 34.5 Å². The van der Waals surface area contributed by atoms with Crippen molar-refractivity contribution in [2.75, 3.05) is 0 Å². The van der Waals surface area contributed by atoms with Gasteiger partial charge in [-0.25, -0.2) is 0 Å². The lowest BCUT2D eigenvalue weighted by atomic mass is 9.59. The van der Waals surface area contributed by atoms with E-state index in [2.05, 4.69) is 60.3 Å². The molecule has 3 aliphatic rings. The predicted molar refractivity (Wildman–Crippen MR) is 132 cm³/mol. The molecule has 0 aromatic heterocycles. The van der Waals surface area contributed by atoms with E-state index in [-0.39, 0.29) is 0 Å². The minimum atomic E-state index is -0.601. The van der Waals surface area contributed by atoms with Crippen LogP contribution >= 0.6 is 0 Å². The fraction of sp³-hybridized carbons (Fsp3) is 0.793. The van der Waals surface area contributed by atoms with Crippen LogP contribution in [-0.2, 0) is 0 Å². The topological polar surface area (TPSA) is 40.5 Å². The quantitative estimate of drug-likeness (QED) is 0.454. The van der Waals surface area contributed by atoms with Gasteiger partial charge in [0.05, 0.1) is 12.2 Å². The standard InChI is InChI=1S/C29H48O2/c1-19(14-16-28(4,5)6)20(2)24-12-13-25-23(9-8-15-29(24,25)7)11-10-22-17-26(30)21(3)27(31)18-22/h10-11,19-20,24-27,30-31H,3,8-9,12-18H2,1-2,4-7H3/b23-11+/t19-,20+,24?,25?,26+,27+,29+/m0/s1. The Morgan fingerprint density at radius 2 is 1.74 bits per heavy atom. The molecule has 2 unspecified atom stereocenters. The molecule has 3 aliphatic carbocycles. The summed E-state index contributed by atoms with van der Waals surface area (Å²) in [5.41, 5.74) is 4.20. The fourth-order valence-corrected chi connectivity index (χ4v) is 6.89. The van der Waals surface area contributed by atoms with Gasteiger partial charge in [0, 0.05) is 0 Å². The molecule has 0 aromatic rings. The molecule has 2 N–H and O–H groups in total. The van der Waals surface area contributed by atoms with Crippen LogP contribution in [0.5, 0.6) is 0 Å². The van der Waals surface area contributed by atoms with E-state index in [4.69, 9.17) is 0 Å². The Kier molecular flexibility index (Phi) is 7.64. The summed E-state index contributed by atoms with van der Waals surface area (Å²) in [5.74, 6) is 3.10. The molecule has 0 spiro atoms. The Bertz CT molecular complexity index is 693. The first-order valence-corrected chi connectivity index (χ1v) is 12.9. The Hall–Kier alpha value is -0.860. The van der Waals surface area contributed by atoms with Gasteiger partial charge >= 0.3 is 0 Å². The minimum Gasteiger partial charge on any atom is -0.388 e. The third-order valence-corrected chi connectivity index (χ3v) is 9.22. The molecule has 176 valence electrons. The molecule has 0 amide bonds. The zero-order valence-corrected chi connectivity index (χ0v) is 21.1. The first-order valence-electron chi connectivity index (χ1n) is 12.9. The fourth-order valence-electron chi connectivity index (χ4n) is 6.89. The zero-order valence-electron chi connectivity index (χ0n) is 21.1. The lowest BCUT2D eigenvalue weighted by molar-refractivity contribution is 0.0714. The van der Waals surface area contributed by atoms with Crippen molar-refractivity contribution in [2.45, 2.75) is 112 Å². The number of aliphatic hydroxyl groups is 2. The van der Waals surface area contributed by atoms with E-state index in [1.54, 1.807) is 5.57 Å². The molecule has 2 nitrogen and oxygen atoms in total. The summed E-state index contributed by atoms with van der Waals surface area (Å²) in [6.07, 6.45) is 13.8. The SMILES string of the molecule is C=C1[C@H](O)CC(=C/C=C2\CCC[C@@]3(C)C2CCC3[C@H](C)[C@@H](C)CCC(C)(C)C)C[C@H]1O. The van der Waals surface area contributed by atoms with Gasteiger partial charge in [-0.1, -0.05) is 71.4 Å². The van der Waals surface area contributed by atoms with E-state index in [1.807, 2.05) is 0 Å². The molecule has 3 rings (SSSR count). The van der Waals surface area contributed by atoms with Gasteiger partial charge < -0.3 is 10.2 Å². The largest absolute Gasteiger partial charge is 0.388 e. The van der Waals surface area contributed by atoms with Crippen LogP contribution in [0.15, 0.2) is 35.5 Å². The second-order valence-corrected chi connectivity index (χ2v) is 12.6. The van der Waals surface area contributed by atoms with Crippen LogP contribution in [0.3, 0.4) is 0 Å². The lowest BCUT2D eigenvalue weighted by Crippen LogP contribution is -2.37. The van der Waals surface area contributed by atoms with Crippen molar-refractivity contribution in [3.8, 4) is 0 Å². The molecule has 0 saturated heterocycles. The molecule has 31 heavy (non-hydrogen) atoms. The highest BCUT2D eigenvalue weighted by atomic mass is 16.3. The van der Waals surface area contributed by atoms with Gasteiger partial charge in [0.1, 0.15) is 0 Å². The normalized spacial score (nSPS) is 37.6. The third kappa shape index (κ3) is 5.56. The summed E-state index contributed by atoms with van der Waals surface area (Å²) < 4.78 is 0. The van der Waals surface area contributed by atoms with Gasteiger partial charge in [0.15, 0.2) is 0 Å². The van der Waals surface area contributed by atoms with E-state index in [1.165, 1.54) is 44.9 Å². The van der Waals surface area contributed by atoms with Crippen LogP contribution in [0.1, 0.15) is 99.3 Å². The molecule has 0 aliphatic heterocycles. The van der Waals surface area contributed by atoms with E-state index in [9.17, 15) is 10.2 Å². The third-order valence-electron chi connectivity index (χ3n) is 9.22. The number of hydrogen-bond acceptors (Lipinski definition) is 2. The molecule has 7 atom stereocenters. The second-order valence-electron chi connectivity index (χ2n) is 12.6. The maximum atomic E-state index is 10.2. The molecule has 2 heteroatoms. The number of allylic oxidation sites excluding steroid dienone is 3. The Balaban J connectivity index is 1.71. The van der Waals surface area contributed by atoms with Crippen LogP contribution in [0, 0.1) is 34.5 Å². The summed E-state index contributed by atoms with van der Waals surface area (Å²) >= 11 is 0. The van der Waals surface area contributed by atoms with Gasteiger partial charge in [-0.3, -0.25) is 0 Å². The van der Waals surface area contributed by atoms with E-state index in [0.29, 0.717) is 35.2 Å². The van der Waals surface area contributed by atoms with Gasteiger partial charge in [0.2, 0.25) is 0 Å². The number of fused-ring (bicyclic) bond motifs is 1. The van der Waals surface area contributed by atoms with Crippen molar-refractivity contribution < 1.29 is 10.2 Å². The predicted octanol–water partition coefficient (Wildman–Crippen LogP) is 7.23. The highest BCUT2D eigenvalue weighted by Gasteiger charge is 2.51. The molecule has 0 aromatic carbocycles. The van der Waals surface area contributed by atoms with Crippen molar-refractivity contribution in [1.29, 1.82) is 0 Å². The van der Waals surface area contributed by atoms with Gasteiger partial charge in [-0.2, -0.15) is 0 Å². The van der Waals surface area contributed by atoms with Gasteiger partial charge in [-0.05, 0) is 97.9 Å². The monoisotopic (exact) mass is 428 g/mol. The minimum absolute atomic E-state index is 0.428. The maximum Gasteiger partial charge on any atom is 0.0809 e. The zero-order chi connectivity index (χ0) is 23.0. The average molecular weight is 429 g/mol. The van der Waals surface area contributed by atoms with Crippen molar-refractivity contribution in [1.82, 2.24) is 0 Å². The molecular formula is C29H48O2. The summed E-state index contributed by atoms with van der Waals surface area (Å²) in [6, 6.07) is 0. The highest BCUT2D eigenvalue weighted by molar-refractivity contribution is 5.29. The van der Waals surface area contributed by atoms with Crippen molar-refractivity contribution in [3.05, 3.63) is 35.5 Å².